The fourth-order valence-electron chi connectivity index (χ4n) is 1.51. The first kappa shape index (κ1) is 12.1. The van der Waals surface area contributed by atoms with Crippen LogP contribution in [0.3, 0.4) is 0 Å². The van der Waals surface area contributed by atoms with Crippen LogP contribution in [0.4, 0.5) is 5.69 Å². The number of anilines is 1. The molecule has 0 fully saturated rings. The van der Waals surface area contributed by atoms with Gasteiger partial charge in [-0.05, 0) is 25.1 Å². The first-order valence-corrected chi connectivity index (χ1v) is 5.84. The van der Waals surface area contributed by atoms with E-state index in [-0.39, 0.29) is 0 Å². The molecule has 17 heavy (non-hydrogen) atoms. The standard InChI is InChI=1S/C12H11Cl2N3/c1-7-11(15-2)6-16-12(17-7)9-4-3-8(13)5-10(9)14/h3-6,15H,1-2H3. The smallest absolute Gasteiger partial charge is 0.161 e. The number of rotatable bonds is 2. The van der Waals surface area contributed by atoms with E-state index in [1.807, 2.05) is 20.0 Å². The van der Waals surface area contributed by atoms with E-state index in [2.05, 4.69) is 15.3 Å². The van der Waals surface area contributed by atoms with Crippen molar-refractivity contribution < 1.29 is 0 Å². The Balaban J connectivity index is 2.50. The Morgan fingerprint density at radius 2 is 2.00 bits per heavy atom. The molecule has 1 aromatic carbocycles. The maximum atomic E-state index is 6.11. The Labute approximate surface area is 110 Å². The zero-order valence-electron chi connectivity index (χ0n) is 9.46. The molecule has 0 atom stereocenters. The van der Waals surface area contributed by atoms with Crippen LogP contribution in [0, 0.1) is 6.92 Å². The number of hydrogen-bond acceptors (Lipinski definition) is 3. The van der Waals surface area contributed by atoms with Crippen LogP contribution >= 0.6 is 23.2 Å². The van der Waals surface area contributed by atoms with Gasteiger partial charge in [0, 0.05) is 17.6 Å². The van der Waals surface area contributed by atoms with Gasteiger partial charge in [0.05, 0.1) is 22.6 Å². The predicted molar refractivity (Wildman–Crippen MR) is 71.8 cm³/mol. The molecule has 1 N–H and O–H groups in total. The fraction of sp³-hybridized carbons (Fsp3) is 0.167. The molecule has 0 unspecified atom stereocenters. The van der Waals surface area contributed by atoms with Crippen LogP contribution in [0.1, 0.15) is 5.69 Å². The molecular weight excluding hydrogens is 257 g/mol. The molecule has 0 saturated carbocycles. The van der Waals surface area contributed by atoms with Gasteiger partial charge in [0.2, 0.25) is 0 Å². The Bertz CT molecular complexity index is 555. The van der Waals surface area contributed by atoms with Crippen molar-refractivity contribution in [3.8, 4) is 11.4 Å². The van der Waals surface area contributed by atoms with Crippen molar-refractivity contribution >= 4 is 28.9 Å². The van der Waals surface area contributed by atoms with E-state index in [1.165, 1.54) is 0 Å². The first-order valence-electron chi connectivity index (χ1n) is 5.08. The topological polar surface area (TPSA) is 37.8 Å². The van der Waals surface area contributed by atoms with Crippen LogP contribution in [-0.4, -0.2) is 17.0 Å². The van der Waals surface area contributed by atoms with E-state index in [4.69, 9.17) is 23.2 Å². The average Bonchev–Trinajstić information content (AvgIpc) is 2.29. The second kappa shape index (κ2) is 4.90. The minimum Gasteiger partial charge on any atom is -0.385 e. The molecule has 3 nitrogen and oxygen atoms in total. The van der Waals surface area contributed by atoms with E-state index in [1.54, 1.807) is 18.3 Å². The van der Waals surface area contributed by atoms with Gasteiger partial charge in [-0.3, -0.25) is 0 Å². The monoisotopic (exact) mass is 267 g/mol. The molecule has 88 valence electrons. The van der Waals surface area contributed by atoms with Gasteiger partial charge in [-0.15, -0.1) is 0 Å². The molecule has 5 heteroatoms. The largest absolute Gasteiger partial charge is 0.385 e. The van der Waals surface area contributed by atoms with Crippen molar-refractivity contribution in [3.05, 3.63) is 40.1 Å². The molecule has 2 aromatic rings. The summed E-state index contributed by atoms with van der Waals surface area (Å²) in [5, 5.41) is 4.17. The van der Waals surface area contributed by atoms with Gasteiger partial charge in [0.1, 0.15) is 0 Å². The van der Waals surface area contributed by atoms with E-state index in [9.17, 15) is 0 Å². The highest BCUT2D eigenvalue weighted by Gasteiger charge is 2.08. The quantitative estimate of drug-likeness (QED) is 0.900. The number of aryl methyl sites for hydroxylation is 1. The molecule has 0 aliphatic carbocycles. The highest BCUT2D eigenvalue weighted by atomic mass is 35.5. The molecule has 0 bridgehead atoms. The van der Waals surface area contributed by atoms with Gasteiger partial charge in [-0.1, -0.05) is 23.2 Å². The van der Waals surface area contributed by atoms with Crippen LogP contribution in [-0.2, 0) is 0 Å². The fourth-order valence-corrected chi connectivity index (χ4v) is 2.01. The molecule has 1 aromatic heterocycles. The molecule has 0 radical (unpaired) electrons. The van der Waals surface area contributed by atoms with Crippen molar-refractivity contribution in [2.45, 2.75) is 6.92 Å². The van der Waals surface area contributed by atoms with Gasteiger partial charge in [0.25, 0.3) is 0 Å². The summed E-state index contributed by atoms with van der Waals surface area (Å²) in [5.41, 5.74) is 2.56. The second-order valence-electron chi connectivity index (χ2n) is 3.57. The number of nitrogens with zero attached hydrogens (tertiary/aromatic N) is 2. The van der Waals surface area contributed by atoms with Gasteiger partial charge < -0.3 is 5.32 Å². The third-order valence-corrected chi connectivity index (χ3v) is 2.97. The Morgan fingerprint density at radius 1 is 1.24 bits per heavy atom. The van der Waals surface area contributed by atoms with Crippen molar-refractivity contribution in [1.82, 2.24) is 9.97 Å². The lowest BCUT2D eigenvalue weighted by Gasteiger charge is -2.07. The number of benzene rings is 1. The van der Waals surface area contributed by atoms with Crippen molar-refractivity contribution in [3.63, 3.8) is 0 Å². The minimum absolute atomic E-state index is 0.550. The summed E-state index contributed by atoms with van der Waals surface area (Å²) in [6, 6.07) is 5.27. The Hall–Kier alpha value is -1.32. The highest BCUT2D eigenvalue weighted by molar-refractivity contribution is 6.36. The van der Waals surface area contributed by atoms with E-state index >= 15 is 0 Å². The Kier molecular flexibility index (Phi) is 3.50. The zero-order valence-corrected chi connectivity index (χ0v) is 11.0. The summed E-state index contributed by atoms with van der Waals surface area (Å²) >= 11 is 12.0. The molecule has 2 rings (SSSR count). The summed E-state index contributed by atoms with van der Waals surface area (Å²) in [6.07, 6.45) is 1.74. The van der Waals surface area contributed by atoms with Crippen LogP contribution in [0.15, 0.2) is 24.4 Å². The maximum absolute atomic E-state index is 6.11. The van der Waals surface area contributed by atoms with Crippen LogP contribution in [0.25, 0.3) is 11.4 Å². The highest BCUT2D eigenvalue weighted by Crippen LogP contribution is 2.28. The lowest BCUT2D eigenvalue weighted by atomic mass is 10.2. The lowest BCUT2D eigenvalue weighted by Crippen LogP contribution is -1.98. The molecule has 0 amide bonds. The molecule has 0 spiro atoms. The summed E-state index contributed by atoms with van der Waals surface area (Å²) in [5.74, 6) is 0.600. The Morgan fingerprint density at radius 3 is 2.59 bits per heavy atom. The summed E-state index contributed by atoms with van der Waals surface area (Å²) < 4.78 is 0. The van der Waals surface area contributed by atoms with Gasteiger partial charge in [-0.2, -0.15) is 0 Å². The average molecular weight is 268 g/mol. The van der Waals surface area contributed by atoms with E-state index < -0.39 is 0 Å². The van der Waals surface area contributed by atoms with Gasteiger partial charge in [-0.25, -0.2) is 9.97 Å². The maximum Gasteiger partial charge on any atom is 0.161 e. The van der Waals surface area contributed by atoms with Crippen LogP contribution < -0.4 is 5.32 Å². The third-order valence-electron chi connectivity index (χ3n) is 2.42. The predicted octanol–water partition coefficient (Wildman–Crippen LogP) is 3.80. The zero-order chi connectivity index (χ0) is 12.4. The minimum atomic E-state index is 0.550. The summed E-state index contributed by atoms with van der Waals surface area (Å²) in [6.45, 7) is 1.92. The number of nitrogens with one attached hydrogen (secondary N) is 1. The molecule has 0 aliphatic rings. The second-order valence-corrected chi connectivity index (χ2v) is 4.41. The van der Waals surface area contributed by atoms with E-state index in [0.717, 1.165) is 16.9 Å². The lowest BCUT2D eigenvalue weighted by molar-refractivity contribution is 1.11. The molecular formula is C12H11Cl2N3. The molecule has 1 heterocycles. The van der Waals surface area contributed by atoms with Crippen LogP contribution in [0.2, 0.25) is 10.0 Å². The molecule has 0 aliphatic heterocycles. The number of hydrogen-bond donors (Lipinski definition) is 1. The third kappa shape index (κ3) is 2.51. The van der Waals surface area contributed by atoms with E-state index in [0.29, 0.717) is 15.9 Å². The number of aromatic nitrogens is 2. The van der Waals surface area contributed by atoms with Gasteiger partial charge in [0.15, 0.2) is 5.82 Å². The van der Waals surface area contributed by atoms with Crippen molar-refractivity contribution in [2.24, 2.45) is 0 Å². The van der Waals surface area contributed by atoms with Crippen molar-refractivity contribution in [1.29, 1.82) is 0 Å². The van der Waals surface area contributed by atoms with Crippen molar-refractivity contribution in [2.75, 3.05) is 12.4 Å². The summed E-state index contributed by atoms with van der Waals surface area (Å²) in [4.78, 5) is 8.67. The van der Waals surface area contributed by atoms with Gasteiger partial charge >= 0.3 is 0 Å². The van der Waals surface area contributed by atoms with Crippen LogP contribution in [0.5, 0.6) is 0 Å². The molecule has 0 saturated heterocycles. The first-order chi connectivity index (χ1) is 8.11. The summed E-state index contributed by atoms with van der Waals surface area (Å²) in [7, 11) is 1.83. The number of halogens is 2. The SMILES string of the molecule is CNc1cnc(-c2ccc(Cl)cc2Cl)nc1C. The normalized spacial score (nSPS) is 10.4.